The van der Waals surface area contributed by atoms with Gasteiger partial charge in [0.1, 0.15) is 13.2 Å². The van der Waals surface area contributed by atoms with Crippen LogP contribution in [0.3, 0.4) is 0 Å². The van der Waals surface area contributed by atoms with E-state index in [1.807, 2.05) is 0 Å². The van der Waals surface area contributed by atoms with Crippen LogP contribution in [0.5, 0.6) is 0 Å². The minimum absolute atomic E-state index is 0.464. The van der Waals surface area contributed by atoms with Gasteiger partial charge in [0.15, 0.2) is 0 Å². The Balaban J connectivity index is 3.52. The van der Waals surface area contributed by atoms with Crippen LogP contribution in [-0.4, -0.2) is 13.2 Å². The van der Waals surface area contributed by atoms with Crippen molar-refractivity contribution in [1.82, 2.24) is 0 Å². The van der Waals surface area contributed by atoms with Crippen molar-refractivity contribution in [3.8, 4) is 0 Å². The Morgan fingerprint density at radius 1 is 0.800 bits per heavy atom. The number of hydrogen-bond donors (Lipinski definition) is 0. The van der Waals surface area contributed by atoms with E-state index in [0.29, 0.717) is 25.0 Å². The molecule has 0 fully saturated rings. The maximum Gasteiger partial charge on any atom is 0.697 e. The second-order valence-electron chi connectivity index (χ2n) is 6.02. The zero-order chi connectivity index (χ0) is 15.2. The molecule has 2 unspecified atom stereocenters. The zero-order valence-electron chi connectivity index (χ0n) is 13.9. The standard InChI is InChI=1S/C16H34O3P/c1-5-7-9-11-15(3)13-18-20(17)19-14-16(4)12-10-8-6-2/h15-16H,5-14H2,1-4H3/q+1. The summed E-state index contributed by atoms with van der Waals surface area (Å²) in [6, 6.07) is 0. The zero-order valence-corrected chi connectivity index (χ0v) is 14.8. The maximum atomic E-state index is 11.6. The predicted octanol–water partition coefficient (Wildman–Crippen LogP) is 6.11. The van der Waals surface area contributed by atoms with Crippen LogP contribution in [0.25, 0.3) is 0 Å². The van der Waals surface area contributed by atoms with Gasteiger partial charge in [-0.1, -0.05) is 66.2 Å². The molecule has 0 aromatic rings. The molecule has 0 radical (unpaired) electrons. The van der Waals surface area contributed by atoms with Gasteiger partial charge in [-0.25, -0.2) is 0 Å². The van der Waals surface area contributed by atoms with E-state index in [9.17, 15) is 4.57 Å². The van der Waals surface area contributed by atoms with Gasteiger partial charge in [-0.05, 0) is 24.7 Å². The molecule has 0 spiro atoms. The van der Waals surface area contributed by atoms with E-state index in [-0.39, 0.29) is 0 Å². The Labute approximate surface area is 126 Å². The molecule has 0 aliphatic rings. The van der Waals surface area contributed by atoms with Crippen LogP contribution in [0, 0.1) is 11.8 Å². The van der Waals surface area contributed by atoms with Crippen LogP contribution in [-0.2, 0) is 13.6 Å². The van der Waals surface area contributed by atoms with Gasteiger partial charge in [0.05, 0.1) is 0 Å². The third-order valence-corrected chi connectivity index (χ3v) is 4.25. The molecule has 0 heterocycles. The Bertz CT molecular complexity index is 212. The predicted molar refractivity (Wildman–Crippen MR) is 86.1 cm³/mol. The lowest BCUT2D eigenvalue weighted by molar-refractivity contribution is 0.178. The highest BCUT2D eigenvalue weighted by atomic mass is 31.1. The highest BCUT2D eigenvalue weighted by molar-refractivity contribution is 7.33. The highest BCUT2D eigenvalue weighted by Gasteiger charge is 2.22. The monoisotopic (exact) mass is 305 g/mol. The summed E-state index contributed by atoms with van der Waals surface area (Å²) < 4.78 is 22.2. The Morgan fingerprint density at radius 3 is 1.55 bits per heavy atom. The Kier molecular flexibility index (Phi) is 14.0. The highest BCUT2D eigenvalue weighted by Crippen LogP contribution is 2.27. The summed E-state index contributed by atoms with van der Waals surface area (Å²) in [7, 11) is -1.93. The molecule has 0 aromatic heterocycles. The van der Waals surface area contributed by atoms with Crippen molar-refractivity contribution < 1.29 is 13.6 Å². The lowest BCUT2D eigenvalue weighted by atomic mass is 10.0. The molecule has 0 amide bonds. The second kappa shape index (κ2) is 14.0. The molecule has 0 aromatic carbocycles. The fourth-order valence-corrected chi connectivity index (χ4v) is 2.89. The van der Waals surface area contributed by atoms with Crippen LogP contribution >= 0.6 is 8.25 Å². The fourth-order valence-electron chi connectivity index (χ4n) is 2.07. The first-order chi connectivity index (χ1) is 9.60. The molecule has 0 aliphatic heterocycles. The summed E-state index contributed by atoms with van der Waals surface area (Å²) in [5.41, 5.74) is 0. The normalized spacial score (nSPS) is 15.1. The van der Waals surface area contributed by atoms with Crippen molar-refractivity contribution >= 4 is 8.25 Å². The van der Waals surface area contributed by atoms with Gasteiger partial charge in [0.2, 0.25) is 0 Å². The van der Waals surface area contributed by atoms with E-state index >= 15 is 0 Å². The van der Waals surface area contributed by atoms with Crippen LogP contribution in [0.1, 0.15) is 79.1 Å². The molecule has 3 nitrogen and oxygen atoms in total. The summed E-state index contributed by atoms with van der Waals surface area (Å²) in [5.74, 6) is 0.928. The van der Waals surface area contributed by atoms with Gasteiger partial charge in [-0.15, -0.1) is 9.05 Å². The third-order valence-electron chi connectivity index (χ3n) is 3.53. The fraction of sp³-hybridized carbons (Fsp3) is 1.00. The topological polar surface area (TPSA) is 35.5 Å². The summed E-state index contributed by atoms with van der Waals surface area (Å²) in [6.45, 7) is 9.78. The molecule has 0 aliphatic carbocycles. The van der Waals surface area contributed by atoms with Crippen molar-refractivity contribution in [2.24, 2.45) is 11.8 Å². The Hall–Kier alpha value is 0.0200. The molecule has 0 saturated heterocycles. The minimum atomic E-state index is -1.93. The maximum absolute atomic E-state index is 11.6. The Morgan fingerprint density at radius 2 is 1.20 bits per heavy atom. The first-order valence-electron chi connectivity index (χ1n) is 8.33. The van der Waals surface area contributed by atoms with Crippen molar-refractivity contribution in [3.05, 3.63) is 0 Å². The third kappa shape index (κ3) is 13.0. The van der Waals surface area contributed by atoms with Gasteiger partial charge in [-0.2, -0.15) is 0 Å². The smallest absolute Gasteiger partial charge is 0.119 e. The molecule has 0 bridgehead atoms. The first-order valence-corrected chi connectivity index (χ1v) is 9.42. The van der Waals surface area contributed by atoms with E-state index in [4.69, 9.17) is 9.05 Å². The quantitative estimate of drug-likeness (QED) is 0.287. The van der Waals surface area contributed by atoms with Crippen LogP contribution < -0.4 is 0 Å². The van der Waals surface area contributed by atoms with Gasteiger partial charge in [-0.3, -0.25) is 0 Å². The molecule has 0 saturated carbocycles. The van der Waals surface area contributed by atoms with Crippen molar-refractivity contribution in [1.29, 1.82) is 0 Å². The first kappa shape index (κ1) is 20.0. The summed E-state index contributed by atoms with van der Waals surface area (Å²) >= 11 is 0. The van der Waals surface area contributed by atoms with Crippen LogP contribution in [0.4, 0.5) is 0 Å². The van der Waals surface area contributed by atoms with Gasteiger partial charge in [0.25, 0.3) is 0 Å². The summed E-state index contributed by atoms with van der Waals surface area (Å²) in [6.07, 6.45) is 9.75. The molecule has 0 N–H and O–H groups in total. The lowest BCUT2D eigenvalue weighted by Gasteiger charge is -2.07. The van der Waals surface area contributed by atoms with Gasteiger partial charge < -0.3 is 0 Å². The van der Waals surface area contributed by atoms with Crippen LogP contribution in [0.2, 0.25) is 0 Å². The van der Waals surface area contributed by atoms with E-state index < -0.39 is 8.25 Å². The van der Waals surface area contributed by atoms with Crippen molar-refractivity contribution in [2.75, 3.05) is 13.2 Å². The number of unbranched alkanes of at least 4 members (excludes halogenated alkanes) is 4. The number of rotatable bonds is 14. The number of hydrogen-bond acceptors (Lipinski definition) is 3. The minimum Gasteiger partial charge on any atom is -0.119 e. The average Bonchev–Trinajstić information content (AvgIpc) is 2.43. The second-order valence-corrected chi connectivity index (χ2v) is 6.98. The largest absolute Gasteiger partial charge is 0.697 e. The molecule has 2 atom stereocenters. The molecule has 20 heavy (non-hydrogen) atoms. The summed E-state index contributed by atoms with van der Waals surface area (Å²) in [4.78, 5) is 0. The molecule has 4 heteroatoms. The molecule has 120 valence electrons. The van der Waals surface area contributed by atoms with E-state index in [0.717, 1.165) is 12.8 Å². The van der Waals surface area contributed by atoms with Gasteiger partial charge in [0, 0.05) is 4.57 Å². The average molecular weight is 305 g/mol. The SMILES string of the molecule is CCCCCC(C)CO[P+](=O)OCC(C)CCCCC. The van der Waals surface area contributed by atoms with Gasteiger partial charge >= 0.3 is 8.25 Å². The molecular formula is C16H34O3P+. The lowest BCUT2D eigenvalue weighted by Crippen LogP contribution is -2.05. The van der Waals surface area contributed by atoms with E-state index in [1.165, 1.54) is 38.5 Å². The van der Waals surface area contributed by atoms with E-state index in [1.54, 1.807) is 0 Å². The molecular weight excluding hydrogens is 271 g/mol. The van der Waals surface area contributed by atoms with Crippen molar-refractivity contribution in [2.45, 2.75) is 79.1 Å². The summed E-state index contributed by atoms with van der Waals surface area (Å²) in [5, 5.41) is 0. The molecule has 0 rings (SSSR count). The van der Waals surface area contributed by atoms with Crippen LogP contribution in [0.15, 0.2) is 0 Å². The van der Waals surface area contributed by atoms with Crippen molar-refractivity contribution in [3.63, 3.8) is 0 Å². The van der Waals surface area contributed by atoms with E-state index in [2.05, 4.69) is 27.7 Å².